The van der Waals surface area contributed by atoms with Gasteiger partial charge in [0.2, 0.25) is 0 Å². The summed E-state index contributed by atoms with van der Waals surface area (Å²) in [6.45, 7) is 13.5. The van der Waals surface area contributed by atoms with E-state index in [9.17, 15) is 0 Å². The van der Waals surface area contributed by atoms with Crippen LogP contribution in [0.25, 0.3) is 0 Å². The molecule has 0 N–H and O–H groups in total. The quantitative estimate of drug-likeness (QED) is 0.223. The predicted molar refractivity (Wildman–Crippen MR) is 69.1 cm³/mol. The van der Waals surface area contributed by atoms with E-state index in [1.54, 1.807) is 11.8 Å². The van der Waals surface area contributed by atoms with Gasteiger partial charge in [-0.25, -0.2) is 4.58 Å². The van der Waals surface area contributed by atoms with Crippen molar-refractivity contribution in [2.45, 2.75) is 19.3 Å². The summed E-state index contributed by atoms with van der Waals surface area (Å²) in [6.07, 6.45) is 11.3. The Balaban J connectivity index is 0. The number of hydrogen-bond acceptors (Lipinski definition) is 0. The number of fused-ring (bicyclic) bond motifs is 5. The molecular weight excluding hydrogens is 350 g/mol. The van der Waals surface area contributed by atoms with Gasteiger partial charge >= 0.3 is 33.9 Å². The molecule has 0 heterocycles. The Bertz CT molecular complexity index is 352. The minimum absolute atomic E-state index is 0. The van der Waals surface area contributed by atoms with Gasteiger partial charge in [0.05, 0.1) is 5.92 Å². The molecule has 0 spiro atoms. The normalized spacial score (nSPS) is 25.5. The zero-order valence-corrected chi connectivity index (χ0v) is 14.1. The molecule has 3 aliphatic carbocycles. The number of rotatable bonds is 1. The van der Waals surface area contributed by atoms with Crippen molar-refractivity contribution in [3.05, 3.63) is 50.5 Å². The molecule has 0 amide bonds. The molecule has 2 atom stereocenters. The van der Waals surface area contributed by atoms with Crippen molar-refractivity contribution in [3.63, 3.8) is 0 Å². The Kier molecular flexibility index (Phi) is 13.2. The Hall–Kier alpha value is -0.422. The minimum Gasteiger partial charge on any atom is 0 e. The van der Waals surface area contributed by atoms with Crippen molar-refractivity contribution in [2.24, 2.45) is 11.8 Å². The fourth-order valence-corrected chi connectivity index (χ4v) is 3.19. The summed E-state index contributed by atoms with van der Waals surface area (Å²) in [6, 6.07) is 0. The summed E-state index contributed by atoms with van der Waals surface area (Å²) in [4.78, 5) is 0. The van der Waals surface area contributed by atoms with Crippen LogP contribution in [0.5, 0.6) is 0 Å². The average molecular weight is 367 g/mol. The largest absolute Gasteiger partial charge is 0 e. The predicted octanol–water partition coefficient (Wildman–Crippen LogP) is 1.79. The van der Waals surface area contributed by atoms with Gasteiger partial charge < -0.3 is 0 Å². The SMILES string of the molecule is C[N+](C)=C[C]1[CH][C]2[C]([CH]1)C1CCC2C1.[C-]#[O+].[C-]#[O+].[C-]#[O+].[Mo]. The third kappa shape index (κ3) is 5.70. The van der Waals surface area contributed by atoms with Gasteiger partial charge in [-0.2, -0.15) is 0 Å². The van der Waals surface area contributed by atoms with E-state index in [0.29, 0.717) is 0 Å². The smallest absolute Gasteiger partial charge is 0 e. The summed E-state index contributed by atoms with van der Waals surface area (Å²) in [5, 5.41) is 0. The van der Waals surface area contributed by atoms with Gasteiger partial charge in [0, 0.05) is 21.1 Å². The molecule has 0 saturated heterocycles. The van der Waals surface area contributed by atoms with Crippen LogP contribution in [0.1, 0.15) is 19.3 Å². The van der Waals surface area contributed by atoms with Crippen LogP contribution in [0.15, 0.2) is 0 Å². The van der Waals surface area contributed by atoms with Crippen LogP contribution < -0.4 is 0 Å². The number of hydrogen-bond donors (Lipinski definition) is 0. The maximum absolute atomic E-state index is 7.50. The Morgan fingerprint density at radius 3 is 1.67 bits per heavy atom. The molecule has 3 aliphatic rings. The van der Waals surface area contributed by atoms with Gasteiger partial charge in [-0.15, -0.1) is 0 Å². The molecule has 0 aromatic heterocycles. The first-order valence-corrected chi connectivity index (χ1v) is 6.17. The molecule has 3 rings (SSSR count). The topological polar surface area (TPSA) is 62.7 Å². The maximum Gasteiger partial charge on any atom is 0 e. The molecule has 21 heavy (non-hydrogen) atoms. The van der Waals surface area contributed by atoms with Gasteiger partial charge in [0.1, 0.15) is 20.3 Å². The molecule has 3 fully saturated rings. The van der Waals surface area contributed by atoms with Crippen LogP contribution in [0, 0.1) is 62.4 Å². The van der Waals surface area contributed by atoms with E-state index in [-0.39, 0.29) is 21.1 Å². The second kappa shape index (κ2) is 12.2. The zero-order chi connectivity index (χ0) is 15.7. The summed E-state index contributed by atoms with van der Waals surface area (Å²) in [7, 11) is 4.18. The van der Waals surface area contributed by atoms with Gasteiger partial charge in [0.25, 0.3) is 0 Å². The van der Waals surface area contributed by atoms with E-state index < -0.39 is 0 Å². The van der Waals surface area contributed by atoms with Crippen LogP contribution in [0.3, 0.4) is 0 Å². The first-order chi connectivity index (χ1) is 9.74. The van der Waals surface area contributed by atoms with Gasteiger partial charge in [-0.3, -0.25) is 0 Å². The molecule has 0 aromatic rings. The molecule has 5 heteroatoms. The second-order valence-electron chi connectivity index (χ2n) is 5.00. The summed E-state index contributed by atoms with van der Waals surface area (Å²) in [5.74, 6) is 6.53. The molecule has 5 radical (unpaired) electrons. The van der Waals surface area contributed by atoms with Crippen molar-refractivity contribution in [1.82, 2.24) is 0 Å². The van der Waals surface area contributed by atoms with Gasteiger partial charge in [0.15, 0.2) is 0 Å². The van der Waals surface area contributed by atoms with Crippen molar-refractivity contribution in [3.8, 4) is 0 Å². The molecular formula is C16H17MoNO3+. The van der Waals surface area contributed by atoms with E-state index in [1.807, 2.05) is 0 Å². The Labute approximate surface area is 141 Å². The third-order valence-corrected chi connectivity index (χ3v) is 3.70. The van der Waals surface area contributed by atoms with Crippen LogP contribution in [-0.4, -0.2) is 24.9 Å². The second-order valence-corrected chi connectivity index (χ2v) is 5.00. The summed E-state index contributed by atoms with van der Waals surface area (Å²) < 4.78 is 24.6. The van der Waals surface area contributed by atoms with Crippen molar-refractivity contribution in [1.29, 1.82) is 0 Å². The fraction of sp³-hybridized carbons (Fsp3) is 0.438. The molecule has 0 aromatic carbocycles. The summed E-state index contributed by atoms with van der Waals surface area (Å²) in [5.41, 5.74) is 0. The van der Waals surface area contributed by atoms with E-state index in [1.165, 1.54) is 25.2 Å². The minimum atomic E-state index is 0. The summed E-state index contributed by atoms with van der Waals surface area (Å²) >= 11 is 0. The fourth-order valence-electron chi connectivity index (χ4n) is 3.19. The molecule has 4 nitrogen and oxygen atoms in total. The van der Waals surface area contributed by atoms with E-state index >= 15 is 0 Å². The van der Waals surface area contributed by atoms with E-state index in [0.717, 1.165) is 11.8 Å². The maximum atomic E-state index is 7.50. The van der Waals surface area contributed by atoms with Crippen LogP contribution in [0.4, 0.5) is 0 Å². The standard InChI is InChI=1S/C13H17N.3CO.Mo/c1-14(2)8-9-5-12-10-3-4-11(7-10)13(12)6-9;3*1-2;/h5-6,8,10-11H,3-4,7H2,1-2H3;;;;/q+1;;;;. The van der Waals surface area contributed by atoms with Gasteiger partial charge in [-0.1, -0.05) is 0 Å². The van der Waals surface area contributed by atoms with E-state index in [2.05, 4.69) is 57.7 Å². The van der Waals surface area contributed by atoms with Crippen molar-refractivity contribution < 1.29 is 39.6 Å². The third-order valence-electron chi connectivity index (χ3n) is 3.70. The van der Waals surface area contributed by atoms with E-state index in [4.69, 9.17) is 14.0 Å². The zero-order valence-electron chi connectivity index (χ0n) is 12.1. The van der Waals surface area contributed by atoms with Gasteiger partial charge in [-0.05, 0) is 55.8 Å². The molecule has 2 bridgehead atoms. The van der Waals surface area contributed by atoms with Crippen LogP contribution in [0.2, 0.25) is 0 Å². The van der Waals surface area contributed by atoms with Crippen molar-refractivity contribution in [2.75, 3.05) is 14.1 Å². The first kappa shape index (κ1) is 22.9. The van der Waals surface area contributed by atoms with Crippen LogP contribution in [-0.2, 0) is 35.0 Å². The Morgan fingerprint density at radius 1 is 0.952 bits per heavy atom. The first-order valence-electron chi connectivity index (χ1n) is 6.17. The molecule has 2 unspecified atom stereocenters. The molecule has 109 valence electrons. The number of nitrogens with zero attached hydrogens (tertiary/aromatic N) is 1. The van der Waals surface area contributed by atoms with Crippen LogP contribution >= 0.6 is 0 Å². The molecule has 0 aliphatic heterocycles. The van der Waals surface area contributed by atoms with Crippen molar-refractivity contribution >= 4 is 6.21 Å². The molecule has 3 saturated carbocycles. The average Bonchev–Trinajstić information content (AvgIpc) is 3.17. The monoisotopic (exact) mass is 369 g/mol. The Morgan fingerprint density at radius 2 is 1.33 bits per heavy atom.